The van der Waals surface area contributed by atoms with Crippen molar-refractivity contribution in [1.82, 2.24) is 15.2 Å². The van der Waals surface area contributed by atoms with Gasteiger partial charge in [0.05, 0.1) is 11.4 Å². The smallest absolute Gasteiger partial charge is 0.245 e. The Kier molecular flexibility index (Phi) is 3.83. The average molecular weight is 248 g/mol. The third-order valence-electron chi connectivity index (χ3n) is 3.68. The van der Waals surface area contributed by atoms with Crippen molar-refractivity contribution in [3.8, 4) is 0 Å². The maximum atomic E-state index is 4.70. The van der Waals surface area contributed by atoms with E-state index in [1.807, 2.05) is 0 Å². The van der Waals surface area contributed by atoms with Crippen LogP contribution in [-0.4, -0.2) is 28.3 Å². The second-order valence-corrected chi connectivity index (χ2v) is 5.90. The quantitative estimate of drug-likeness (QED) is 0.824. The molecule has 1 fully saturated rings. The van der Waals surface area contributed by atoms with Crippen molar-refractivity contribution in [3.63, 3.8) is 0 Å². The summed E-state index contributed by atoms with van der Waals surface area (Å²) in [6.45, 7) is 11.0. The first kappa shape index (κ1) is 13.2. The number of rotatable bonds is 3. The van der Waals surface area contributed by atoms with E-state index < -0.39 is 0 Å². The molecule has 0 amide bonds. The van der Waals surface area contributed by atoms with E-state index in [-0.39, 0.29) is 0 Å². The Bertz CT molecular complexity index is 414. The molecule has 100 valence electrons. The molecule has 1 aromatic rings. The number of hydrogen-bond donors (Lipinski definition) is 0. The summed E-state index contributed by atoms with van der Waals surface area (Å²) in [6, 6.07) is 0. The highest BCUT2D eigenvalue weighted by Gasteiger charge is 2.28. The molecule has 0 aromatic carbocycles. The molecule has 4 nitrogen and oxygen atoms in total. The zero-order valence-electron chi connectivity index (χ0n) is 12.0. The minimum Gasteiger partial charge on any atom is -0.339 e. The van der Waals surface area contributed by atoms with Gasteiger partial charge in [0.25, 0.3) is 0 Å². The van der Waals surface area contributed by atoms with Gasteiger partial charge in [-0.25, -0.2) is 4.98 Å². The van der Waals surface area contributed by atoms with Gasteiger partial charge in [-0.2, -0.15) is 5.10 Å². The maximum absolute atomic E-state index is 4.70. The molecule has 1 saturated heterocycles. The normalized spacial score (nSPS) is 19.0. The summed E-state index contributed by atoms with van der Waals surface area (Å²) in [5.41, 5.74) is 2.50. The molecule has 1 aromatic heterocycles. The molecule has 0 N–H and O–H groups in total. The molecule has 0 aliphatic carbocycles. The Balaban J connectivity index is 2.23. The molecule has 18 heavy (non-hydrogen) atoms. The van der Waals surface area contributed by atoms with E-state index in [1.165, 1.54) is 12.8 Å². The molecule has 1 aliphatic rings. The fourth-order valence-electron chi connectivity index (χ4n) is 2.66. The summed E-state index contributed by atoms with van der Waals surface area (Å²) in [4.78, 5) is 6.99. The van der Waals surface area contributed by atoms with Gasteiger partial charge < -0.3 is 4.90 Å². The van der Waals surface area contributed by atoms with Crippen LogP contribution in [0.5, 0.6) is 0 Å². The summed E-state index contributed by atoms with van der Waals surface area (Å²) in [6.07, 6.45) is 4.34. The van der Waals surface area contributed by atoms with E-state index in [0.717, 1.165) is 43.3 Å². The van der Waals surface area contributed by atoms with Gasteiger partial charge in [-0.3, -0.25) is 0 Å². The Morgan fingerprint density at radius 2 is 1.83 bits per heavy atom. The van der Waals surface area contributed by atoms with Crippen LogP contribution in [0.3, 0.4) is 0 Å². The molecular weight excluding hydrogens is 224 g/mol. The van der Waals surface area contributed by atoms with E-state index in [2.05, 4.69) is 42.8 Å². The van der Waals surface area contributed by atoms with Crippen molar-refractivity contribution in [2.75, 3.05) is 18.0 Å². The Labute approximate surface area is 110 Å². The Hall–Kier alpha value is -1.19. The van der Waals surface area contributed by atoms with Crippen LogP contribution in [0, 0.1) is 5.41 Å². The first-order valence-corrected chi connectivity index (χ1v) is 7.03. The van der Waals surface area contributed by atoms with E-state index in [1.54, 1.807) is 0 Å². The van der Waals surface area contributed by atoms with Gasteiger partial charge in [-0.15, -0.1) is 5.10 Å². The molecule has 0 bridgehead atoms. The lowest BCUT2D eigenvalue weighted by Gasteiger charge is -2.37. The van der Waals surface area contributed by atoms with E-state index in [4.69, 9.17) is 4.98 Å². The van der Waals surface area contributed by atoms with Gasteiger partial charge >= 0.3 is 0 Å². The number of anilines is 1. The average Bonchev–Trinajstić information content (AvgIpc) is 2.36. The second kappa shape index (κ2) is 5.21. The highest BCUT2D eigenvalue weighted by Crippen LogP contribution is 2.30. The summed E-state index contributed by atoms with van der Waals surface area (Å²) in [5.74, 6) is 0.817. The molecular formula is C14H24N4. The molecule has 0 radical (unpaired) electrons. The Morgan fingerprint density at radius 3 is 2.44 bits per heavy atom. The highest BCUT2D eigenvalue weighted by atomic mass is 15.3. The highest BCUT2D eigenvalue weighted by molar-refractivity contribution is 5.31. The molecule has 0 saturated carbocycles. The lowest BCUT2D eigenvalue weighted by Crippen LogP contribution is -2.41. The van der Waals surface area contributed by atoms with Crippen LogP contribution in [-0.2, 0) is 12.8 Å². The zero-order valence-corrected chi connectivity index (χ0v) is 12.0. The van der Waals surface area contributed by atoms with E-state index >= 15 is 0 Å². The van der Waals surface area contributed by atoms with Crippen molar-refractivity contribution >= 4 is 5.95 Å². The van der Waals surface area contributed by atoms with Crippen LogP contribution in [0.15, 0.2) is 0 Å². The summed E-state index contributed by atoms with van der Waals surface area (Å²) >= 11 is 0. The molecule has 0 spiro atoms. The molecule has 1 aliphatic heterocycles. The van der Waals surface area contributed by atoms with E-state index in [9.17, 15) is 0 Å². The number of aryl methyl sites for hydroxylation is 2. The van der Waals surface area contributed by atoms with Crippen molar-refractivity contribution < 1.29 is 0 Å². The lowest BCUT2D eigenvalue weighted by molar-refractivity contribution is 0.290. The third-order valence-corrected chi connectivity index (χ3v) is 3.68. The van der Waals surface area contributed by atoms with Crippen LogP contribution < -0.4 is 4.90 Å². The van der Waals surface area contributed by atoms with Gasteiger partial charge in [0.1, 0.15) is 0 Å². The van der Waals surface area contributed by atoms with Gasteiger partial charge in [0.15, 0.2) is 0 Å². The molecule has 0 atom stereocenters. The van der Waals surface area contributed by atoms with Crippen LogP contribution in [0.1, 0.15) is 51.9 Å². The summed E-state index contributed by atoms with van der Waals surface area (Å²) in [7, 11) is 0. The van der Waals surface area contributed by atoms with Gasteiger partial charge in [0, 0.05) is 13.1 Å². The Morgan fingerprint density at radius 1 is 1.11 bits per heavy atom. The summed E-state index contributed by atoms with van der Waals surface area (Å²) in [5, 5.41) is 8.65. The minimum absolute atomic E-state index is 0.359. The monoisotopic (exact) mass is 248 g/mol. The molecule has 4 heteroatoms. The maximum Gasteiger partial charge on any atom is 0.245 e. The van der Waals surface area contributed by atoms with Gasteiger partial charge in [0.2, 0.25) is 5.95 Å². The number of aromatic nitrogens is 3. The largest absolute Gasteiger partial charge is 0.339 e. The first-order valence-electron chi connectivity index (χ1n) is 7.03. The minimum atomic E-state index is 0.359. The van der Waals surface area contributed by atoms with Crippen molar-refractivity contribution in [2.45, 2.75) is 53.4 Å². The lowest BCUT2D eigenvalue weighted by atomic mass is 9.84. The van der Waals surface area contributed by atoms with Gasteiger partial charge in [-0.05, 0) is 31.1 Å². The molecule has 2 rings (SSSR count). The number of hydrogen-bond acceptors (Lipinski definition) is 4. The first-order chi connectivity index (χ1) is 8.55. The summed E-state index contributed by atoms with van der Waals surface area (Å²) < 4.78 is 0. The van der Waals surface area contributed by atoms with Crippen molar-refractivity contribution in [1.29, 1.82) is 0 Å². The van der Waals surface area contributed by atoms with Crippen LogP contribution in [0.25, 0.3) is 0 Å². The van der Waals surface area contributed by atoms with Crippen LogP contribution in [0.2, 0.25) is 0 Å². The fourth-order valence-corrected chi connectivity index (χ4v) is 2.66. The van der Waals surface area contributed by atoms with Crippen molar-refractivity contribution in [3.05, 3.63) is 11.4 Å². The predicted octanol–water partition coefficient (Wildman–Crippen LogP) is 2.62. The predicted molar refractivity (Wildman–Crippen MR) is 73.8 cm³/mol. The zero-order chi connectivity index (χ0) is 13.2. The topological polar surface area (TPSA) is 41.9 Å². The molecule has 0 unspecified atom stereocenters. The SMILES string of the molecule is CCc1nnc(N2CCCC(C)(C)C2)nc1CC. The fraction of sp³-hybridized carbons (Fsp3) is 0.786. The van der Waals surface area contributed by atoms with Gasteiger partial charge in [-0.1, -0.05) is 27.7 Å². The van der Waals surface area contributed by atoms with Crippen molar-refractivity contribution in [2.24, 2.45) is 5.41 Å². The number of piperidine rings is 1. The standard InChI is InChI=1S/C14H24N4/c1-5-11-12(6-2)16-17-13(15-11)18-9-7-8-14(3,4)10-18/h5-10H2,1-4H3. The van der Waals surface area contributed by atoms with Crippen LogP contribution >= 0.6 is 0 Å². The number of nitrogens with zero attached hydrogens (tertiary/aromatic N) is 4. The van der Waals surface area contributed by atoms with E-state index in [0.29, 0.717) is 5.41 Å². The van der Waals surface area contributed by atoms with Crippen LogP contribution in [0.4, 0.5) is 5.95 Å². The molecule has 2 heterocycles. The second-order valence-electron chi connectivity index (χ2n) is 5.90. The third kappa shape index (κ3) is 2.79.